The highest BCUT2D eigenvalue weighted by atomic mass is 15.2. The molecule has 1 aromatic heterocycles. The number of rotatable bonds is 7. The Balaban J connectivity index is 1.18. The molecule has 0 amide bonds. The van der Waals surface area contributed by atoms with Crippen molar-refractivity contribution in [3.8, 4) is 28.3 Å². The largest absolute Gasteiger partial charge is 0.335 e. The molecule has 6 aromatic carbocycles. The maximum absolute atomic E-state index is 9.79. The molecule has 60 heavy (non-hydrogen) atoms. The van der Waals surface area contributed by atoms with Crippen molar-refractivity contribution in [2.75, 3.05) is 9.80 Å². The summed E-state index contributed by atoms with van der Waals surface area (Å²) in [6, 6.07) is 47.3. The molecular weight excluding hydrogens is 729 g/mol. The average Bonchev–Trinajstić information content (AvgIpc) is 3.58. The predicted octanol–water partition coefficient (Wildman–Crippen LogP) is 14.4. The van der Waals surface area contributed by atoms with Crippen LogP contribution in [0.3, 0.4) is 0 Å². The SMILES string of the molecule is Cc1cc(C#N)cc(C)c1N(c1cccc2c1-c1ccc(CC(C)(C)N(c3ccc4ncccc4c3)c3cccc4c3-c3ccccc3C4(C)C)cc1C2(C)C)C(C)(C)C. The third-order valence-electron chi connectivity index (χ3n) is 13.4. The van der Waals surface area contributed by atoms with E-state index in [-0.39, 0.29) is 21.9 Å². The molecule has 0 fully saturated rings. The van der Waals surface area contributed by atoms with Crippen LogP contribution in [0.4, 0.5) is 22.7 Å². The number of benzene rings is 6. The molecule has 0 radical (unpaired) electrons. The summed E-state index contributed by atoms with van der Waals surface area (Å²) >= 11 is 0. The Kier molecular flexibility index (Phi) is 8.96. The lowest BCUT2D eigenvalue weighted by Gasteiger charge is -2.42. The Labute approximate surface area is 357 Å². The van der Waals surface area contributed by atoms with E-state index in [9.17, 15) is 5.26 Å². The van der Waals surface area contributed by atoms with Gasteiger partial charge in [-0.05, 0) is 153 Å². The number of nitriles is 1. The fourth-order valence-corrected chi connectivity index (χ4v) is 10.8. The Morgan fingerprint density at radius 2 is 1.20 bits per heavy atom. The van der Waals surface area contributed by atoms with Crippen LogP contribution in [-0.2, 0) is 17.3 Å². The zero-order valence-electron chi connectivity index (χ0n) is 37.1. The molecule has 4 nitrogen and oxygen atoms in total. The number of aromatic nitrogens is 1. The highest BCUT2D eigenvalue weighted by Crippen LogP contribution is 2.56. The van der Waals surface area contributed by atoms with Crippen molar-refractivity contribution in [2.24, 2.45) is 0 Å². The van der Waals surface area contributed by atoms with Crippen molar-refractivity contribution in [2.45, 2.75) is 104 Å². The van der Waals surface area contributed by atoms with Crippen LogP contribution in [-0.4, -0.2) is 16.1 Å². The molecular formula is C56H56N4. The molecule has 0 saturated heterocycles. The lowest BCUT2D eigenvalue weighted by Crippen LogP contribution is -2.43. The van der Waals surface area contributed by atoms with Crippen LogP contribution in [0.2, 0.25) is 0 Å². The van der Waals surface area contributed by atoms with E-state index in [4.69, 9.17) is 0 Å². The zero-order valence-corrected chi connectivity index (χ0v) is 37.1. The minimum absolute atomic E-state index is 0.107. The van der Waals surface area contributed by atoms with Crippen molar-refractivity contribution >= 4 is 33.7 Å². The first-order valence-corrected chi connectivity index (χ1v) is 21.4. The van der Waals surface area contributed by atoms with Crippen LogP contribution in [0.25, 0.3) is 33.2 Å². The number of fused-ring (bicyclic) bond motifs is 7. The van der Waals surface area contributed by atoms with E-state index in [2.05, 4.69) is 200 Å². The minimum Gasteiger partial charge on any atom is -0.335 e. The van der Waals surface area contributed by atoms with Gasteiger partial charge in [-0.2, -0.15) is 5.26 Å². The fourth-order valence-electron chi connectivity index (χ4n) is 10.8. The Morgan fingerprint density at radius 1 is 0.600 bits per heavy atom. The van der Waals surface area contributed by atoms with Crippen molar-refractivity contribution in [3.05, 3.63) is 172 Å². The molecule has 7 aromatic rings. The molecule has 4 heteroatoms. The molecule has 0 saturated carbocycles. The van der Waals surface area contributed by atoms with Gasteiger partial charge < -0.3 is 9.80 Å². The van der Waals surface area contributed by atoms with E-state index in [1.165, 1.54) is 67.1 Å². The van der Waals surface area contributed by atoms with Crippen molar-refractivity contribution in [1.29, 1.82) is 5.26 Å². The summed E-state index contributed by atoms with van der Waals surface area (Å²) < 4.78 is 0. The summed E-state index contributed by atoms with van der Waals surface area (Å²) in [5.74, 6) is 0. The molecule has 300 valence electrons. The van der Waals surface area contributed by atoms with E-state index in [1.807, 2.05) is 24.4 Å². The van der Waals surface area contributed by atoms with Gasteiger partial charge in [0.2, 0.25) is 0 Å². The third kappa shape index (κ3) is 6.04. The number of hydrogen-bond donors (Lipinski definition) is 0. The zero-order chi connectivity index (χ0) is 42.5. The molecule has 0 atom stereocenters. The van der Waals surface area contributed by atoms with Gasteiger partial charge in [0.25, 0.3) is 0 Å². The topological polar surface area (TPSA) is 43.2 Å². The summed E-state index contributed by atoms with van der Waals surface area (Å²) in [5, 5.41) is 10.9. The lowest BCUT2D eigenvalue weighted by molar-refractivity contribution is 0.501. The predicted molar refractivity (Wildman–Crippen MR) is 252 cm³/mol. The number of pyridine rings is 1. The first-order valence-electron chi connectivity index (χ1n) is 21.4. The van der Waals surface area contributed by atoms with Gasteiger partial charge in [0.15, 0.2) is 0 Å². The maximum atomic E-state index is 9.79. The molecule has 0 spiro atoms. The summed E-state index contributed by atoms with van der Waals surface area (Å²) in [7, 11) is 0. The first kappa shape index (κ1) is 39.3. The monoisotopic (exact) mass is 784 g/mol. The Bertz CT molecular complexity index is 2890. The summed E-state index contributed by atoms with van der Waals surface area (Å²) in [4.78, 5) is 9.80. The van der Waals surface area contributed by atoms with Crippen LogP contribution in [0.1, 0.15) is 107 Å². The molecule has 1 heterocycles. The average molecular weight is 785 g/mol. The maximum Gasteiger partial charge on any atom is 0.0991 e. The second kappa shape index (κ2) is 13.7. The summed E-state index contributed by atoms with van der Waals surface area (Å²) in [6.45, 7) is 25.4. The van der Waals surface area contributed by atoms with Crippen LogP contribution >= 0.6 is 0 Å². The van der Waals surface area contributed by atoms with E-state index < -0.39 is 0 Å². The van der Waals surface area contributed by atoms with Crippen molar-refractivity contribution < 1.29 is 0 Å². The highest BCUT2D eigenvalue weighted by molar-refractivity contribution is 5.95. The van der Waals surface area contributed by atoms with Crippen LogP contribution < -0.4 is 9.80 Å². The van der Waals surface area contributed by atoms with Gasteiger partial charge in [0.05, 0.1) is 17.1 Å². The molecule has 2 aliphatic rings. The summed E-state index contributed by atoms with van der Waals surface area (Å²) in [5.41, 5.74) is 19.8. The van der Waals surface area contributed by atoms with Gasteiger partial charge in [0, 0.05) is 67.4 Å². The fraction of sp³-hybridized carbons (Fsp3) is 0.286. The van der Waals surface area contributed by atoms with Gasteiger partial charge in [0.1, 0.15) is 0 Å². The van der Waals surface area contributed by atoms with Crippen molar-refractivity contribution in [1.82, 2.24) is 4.98 Å². The molecule has 0 N–H and O–H groups in total. The quantitative estimate of drug-likeness (QED) is 0.161. The van der Waals surface area contributed by atoms with E-state index in [0.29, 0.717) is 5.56 Å². The minimum atomic E-state index is -0.338. The van der Waals surface area contributed by atoms with Gasteiger partial charge >= 0.3 is 0 Å². The van der Waals surface area contributed by atoms with Gasteiger partial charge in [-0.1, -0.05) is 100 Å². The second-order valence-corrected chi connectivity index (χ2v) is 19.9. The van der Waals surface area contributed by atoms with E-state index in [0.717, 1.165) is 34.1 Å². The number of hydrogen-bond acceptors (Lipinski definition) is 4. The highest BCUT2D eigenvalue weighted by Gasteiger charge is 2.42. The Hall–Kier alpha value is -6.18. The van der Waals surface area contributed by atoms with Crippen LogP contribution in [0.5, 0.6) is 0 Å². The van der Waals surface area contributed by atoms with Crippen molar-refractivity contribution in [3.63, 3.8) is 0 Å². The summed E-state index contributed by atoms with van der Waals surface area (Å²) in [6.07, 6.45) is 2.70. The second-order valence-electron chi connectivity index (χ2n) is 19.9. The molecule has 0 unspecified atom stereocenters. The smallest absolute Gasteiger partial charge is 0.0991 e. The standard InChI is InChI=1S/C56H56N4/c1-35-29-38(34-57)30-36(2)52(35)60(53(3,4)5)49-23-15-21-45-51(49)42-26-24-37(31-46(42)56(45,10)11)33-54(6,7)59(40-25-27-47-39(32-40)17-16-28-58-47)48-22-14-20-44-50(48)41-18-12-13-19-43(41)55(44,8)9/h12-32H,33H2,1-11H3. The van der Waals surface area contributed by atoms with Gasteiger partial charge in [-0.15, -0.1) is 0 Å². The number of nitrogens with zero attached hydrogens (tertiary/aromatic N) is 4. The van der Waals surface area contributed by atoms with E-state index in [1.54, 1.807) is 0 Å². The number of aryl methyl sites for hydroxylation is 2. The molecule has 0 bridgehead atoms. The molecule has 9 rings (SSSR count). The Morgan fingerprint density at radius 3 is 1.85 bits per heavy atom. The normalized spacial score (nSPS) is 14.6. The van der Waals surface area contributed by atoms with Crippen LogP contribution in [0.15, 0.2) is 128 Å². The third-order valence-corrected chi connectivity index (χ3v) is 13.4. The van der Waals surface area contributed by atoms with Gasteiger partial charge in [-0.3, -0.25) is 4.98 Å². The van der Waals surface area contributed by atoms with E-state index >= 15 is 0 Å². The molecule has 0 aliphatic heterocycles. The molecule has 2 aliphatic carbocycles. The van der Waals surface area contributed by atoms with Crippen LogP contribution in [0, 0.1) is 25.2 Å². The van der Waals surface area contributed by atoms with Gasteiger partial charge in [-0.25, -0.2) is 0 Å². The number of anilines is 4. The lowest BCUT2D eigenvalue weighted by atomic mass is 9.80. The first-order chi connectivity index (χ1) is 28.4.